The van der Waals surface area contributed by atoms with Crippen LogP contribution in [0.25, 0.3) is 0 Å². The second-order valence-electron chi connectivity index (χ2n) is 8.73. The van der Waals surface area contributed by atoms with Crippen molar-refractivity contribution in [3.05, 3.63) is 82.9 Å². The lowest BCUT2D eigenvalue weighted by Crippen LogP contribution is -2.06. The SMILES string of the molecule is CCCOc1cc(C#Cc2cccc(C#Cc3cc(OCC)cc(OCCCN)c3)c2)cc(OCCCN)c1. The lowest BCUT2D eigenvalue weighted by molar-refractivity contribution is 0.299. The van der Waals surface area contributed by atoms with Crippen molar-refractivity contribution in [2.75, 3.05) is 39.5 Å². The maximum atomic E-state index is 5.84. The first kappa shape index (κ1) is 29.5. The molecular weight excluding hydrogens is 488 g/mol. The first-order valence-corrected chi connectivity index (χ1v) is 13.5. The summed E-state index contributed by atoms with van der Waals surface area (Å²) in [5.41, 5.74) is 14.5. The zero-order chi connectivity index (χ0) is 27.7. The van der Waals surface area contributed by atoms with Gasteiger partial charge in [-0.25, -0.2) is 0 Å². The maximum Gasteiger partial charge on any atom is 0.124 e. The minimum Gasteiger partial charge on any atom is -0.494 e. The molecule has 39 heavy (non-hydrogen) atoms. The Hall–Kier alpha value is -4.10. The molecule has 0 aromatic heterocycles. The summed E-state index contributed by atoms with van der Waals surface area (Å²) in [7, 11) is 0. The lowest BCUT2D eigenvalue weighted by Gasteiger charge is -2.10. The van der Waals surface area contributed by atoms with Crippen molar-refractivity contribution in [3.8, 4) is 46.7 Å². The molecule has 0 spiro atoms. The van der Waals surface area contributed by atoms with Gasteiger partial charge in [-0.3, -0.25) is 0 Å². The summed E-state index contributed by atoms with van der Waals surface area (Å²) >= 11 is 0. The van der Waals surface area contributed by atoms with E-state index in [0.717, 1.165) is 64.5 Å². The van der Waals surface area contributed by atoms with Crippen molar-refractivity contribution in [1.29, 1.82) is 0 Å². The van der Waals surface area contributed by atoms with Crippen LogP contribution in [0, 0.1) is 23.7 Å². The van der Waals surface area contributed by atoms with Gasteiger partial charge in [0.15, 0.2) is 0 Å². The van der Waals surface area contributed by atoms with Crippen LogP contribution in [0.4, 0.5) is 0 Å². The van der Waals surface area contributed by atoms with Gasteiger partial charge in [0.2, 0.25) is 0 Å². The zero-order valence-electron chi connectivity index (χ0n) is 22.9. The standard InChI is InChI=1S/C33H38N2O4/c1-3-16-37-31-21-29(23-33(25-31)39-18-7-15-35)13-11-27-9-5-8-26(19-27)10-12-28-20-30(36-4-2)24-32(22-28)38-17-6-14-34/h5,8-9,19-25H,3-4,6-7,14-18,34-35H2,1-2H3. The molecule has 0 fully saturated rings. The minimum atomic E-state index is 0.550. The van der Waals surface area contributed by atoms with Gasteiger partial charge in [0.1, 0.15) is 23.0 Å². The maximum absolute atomic E-state index is 5.84. The van der Waals surface area contributed by atoms with Crippen molar-refractivity contribution in [3.63, 3.8) is 0 Å². The average molecular weight is 527 g/mol. The van der Waals surface area contributed by atoms with Crippen molar-refractivity contribution >= 4 is 0 Å². The van der Waals surface area contributed by atoms with Gasteiger partial charge in [0.25, 0.3) is 0 Å². The second kappa shape index (κ2) is 16.7. The summed E-state index contributed by atoms with van der Waals surface area (Å²) in [4.78, 5) is 0. The molecule has 0 unspecified atom stereocenters. The Balaban J connectivity index is 1.80. The molecular formula is C33H38N2O4. The smallest absolute Gasteiger partial charge is 0.124 e. The molecule has 6 nitrogen and oxygen atoms in total. The molecule has 204 valence electrons. The van der Waals surface area contributed by atoms with Gasteiger partial charge in [-0.15, -0.1) is 0 Å². The predicted octanol–water partition coefficient (Wildman–Crippen LogP) is 5.13. The zero-order valence-corrected chi connectivity index (χ0v) is 22.9. The number of nitrogens with two attached hydrogens (primary N) is 2. The Morgan fingerprint density at radius 1 is 0.538 bits per heavy atom. The lowest BCUT2D eigenvalue weighted by atomic mass is 10.1. The summed E-state index contributed by atoms with van der Waals surface area (Å²) in [5.74, 6) is 15.8. The Kier molecular flexibility index (Phi) is 12.6. The van der Waals surface area contributed by atoms with E-state index in [1.807, 2.05) is 67.6 Å². The van der Waals surface area contributed by atoms with Gasteiger partial charge in [-0.1, -0.05) is 36.7 Å². The molecule has 0 aliphatic carbocycles. The number of ether oxygens (including phenoxy) is 4. The minimum absolute atomic E-state index is 0.550. The molecule has 3 aromatic rings. The molecule has 3 rings (SSSR count). The highest BCUT2D eigenvalue weighted by atomic mass is 16.5. The van der Waals surface area contributed by atoms with Crippen LogP contribution < -0.4 is 30.4 Å². The van der Waals surface area contributed by atoms with Crippen LogP contribution in [0.5, 0.6) is 23.0 Å². The third kappa shape index (κ3) is 10.7. The fourth-order valence-electron chi connectivity index (χ4n) is 3.52. The van der Waals surface area contributed by atoms with E-state index in [-0.39, 0.29) is 0 Å². The number of hydrogen-bond donors (Lipinski definition) is 2. The van der Waals surface area contributed by atoms with Crippen LogP contribution >= 0.6 is 0 Å². The molecule has 0 bridgehead atoms. The predicted molar refractivity (Wildman–Crippen MR) is 157 cm³/mol. The molecule has 0 saturated heterocycles. The molecule has 0 saturated carbocycles. The van der Waals surface area contributed by atoms with Crippen molar-refractivity contribution in [1.82, 2.24) is 0 Å². The molecule has 3 aromatic carbocycles. The van der Waals surface area contributed by atoms with E-state index in [0.29, 0.717) is 39.5 Å². The Morgan fingerprint density at radius 2 is 0.974 bits per heavy atom. The largest absolute Gasteiger partial charge is 0.494 e. The van der Waals surface area contributed by atoms with Crippen LogP contribution in [0.1, 0.15) is 55.4 Å². The monoisotopic (exact) mass is 526 g/mol. The highest BCUT2D eigenvalue weighted by Crippen LogP contribution is 2.24. The van der Waals surface area contributed by atoms with Crippen LogP contribution in [0.2, 0.25) is 0 Å². The fourth-order valence-corrected chi connectivity index (χ4v) is 3.52. The molecule has 0 atom stereocenters. The second-order valence-corrected chi connectivity index (χ2v) is 8.73. The third-order valence-corrected chi connectivity index (χ3v) is 5.34. The summed E-state index contributed by atoms with van der Waals surface area (Å²) in [5, 5.41) is 0. The van der Waals surface area contributed by atoms with Gasteiger partial charge in [0, 0.05) is 34.4 Å². The average Bonchev–Trinajstić information content (AvgIpc) is 2.94. The Bertz CT molecular complexity index is 1310. The van der Waals surface area contributed by atoms with E-state index < -0.39 is 0 Å². The van der Waals surface area contributed by atoms with Crippen molar-refractivity contribution < 1.29 is 18.9 Å². The Labute approximate surface area is 232 Å². The van der Waals surface area contributed by atoms with Crippen LogP contribution in [-0.2, 0) is 0 Å². The highest BCUT2D eigenvalue weighted by molar-refractivity contribution is 5.53. The normalized spacial score (nSPS) is 10.1. The van der Waals surface area contributed by atoms with Gasteiger partial charge >= 0.3 is 0 Å². The molecule has 0 amide bonds. The van der Waals surface area contributed by atoms with E-state index >= 15 is 0 Å². The van der Waals surface area contributed by atoms with Crippen molar-refractivity contribution in [2.24, 2.45) is 11.5 Å². The highest BCUT2D eigenvalue weighted by Gasteiger charge is 2.04. The summed E-state index contributed by atoms with van der Waals surface area (Å²) in [6.07, 6.45) is 2.49. The van der Waals surface area contributed by atoms with Gasteiger partial charge in [-0.05, 0) is 81.7 Å². The van der Waals surface area contributed by atoms with Crippen molar-refractivity contribution in [2.45, 2.75) is 33.1 Å². The van der Waals surface area contributed by atoms with E-state index in [1.54, 1.807) is 0 Å². The third-order valence-electron chi connectivity index (χ3n) is 5.34. The van der Waals surface area contributed by atoms with E-state index in [1.165, 1.54) is 0 Å². The molecule has 0 aliphatic heterocycles. The first-order chi connectivity index (χ1) is 19.1. The Morgan fingerprint density at radius 3 is 1.41 bits per heavy atom. The van der Waals surface area contributed by atoms with Gasteiger partial charge < -0.3 is 30.4 Å². The number of hydrogen-bond acceptors (Lipinski definition) is 6. The molecule has 0 radical (unpaired) electrons. The first-order valence-electron chi connectivity index (χ1n) is 13.5. The molecule has 6 heteroatoms. The fraction of sp³-hybridized carbons (Fsp3) is 0.333. The topological polar surface area (TPSA) is 89.0 Å². The summed E-state index contributed by atoms with van der Waals surface area (Å²) in [6, 6.07) is 19.3. The number of rotatable bonds is 13. The molecule has 0 aliphatic rings. The van der Waals surface area contributed by atoms with E-state index in [4.69, 9.17) is 30.4 Å². The molecule has 4 N–H and O–H groups in total. The van der Waals surface area contributed by atoms with E-state index in [9.17, 15) is 0 Å². The van der Waals surface area contributed by atoms with Crippen LogP contribution in [-0.4, -0.2) is 39.5 Å². The summed E-state index contributed by atoms with van der Waals surface area (Å²) in [6.45, 7) is 7.49. The van der Waals surface area contributed by atoms with Gasteiger partial charge in [-0.2, -0.15) is 0 Å². The van der Waals surface area contributed by atoms with Gasteiger partial charge in [0.05, 0.1) is 26.4 Å². The van der Waals surface area contributed by atoms with Crippen LogP contribution in [0.15, 0.2) is 60.7 Å². The number of benzene rings is 3. The quantitative estimate of drug-likeness (QED) is 0.237. The van der Waals surface area contributed by atoms with E-state index in [2.05, 4.69) is 30.6 Å². The summed E-state index contributed by atoms with van der Waals surface area (Å²) < 4.78 is 23.2. The molecule has 0 heterocycles. The van der Waals surface area contributed by atoms with Crippen LogP contribution in [0.3, 0.4) is 0 Å².